The zero-order chi connectivity index (χ0) is 14.0. The molecular formula is C17H26O2. The molecule has 0 heterocycles. The van der Waals surface area contributed by atoms with Gasteiger partial charge in [0.05, 0.1) is 5.60 Å². The molecule has 2 N–H and O–H groups in total. The van der Waals surface area contributed by atoms with E-state index in [2.05, 4.69) is 20.8 Å². The molecule has 2 nitrogen and oxygen atoms in total. The van der Waals surface area contributed by atoms with Crippen molar-refractivity contribution in [2.75, 3.05) is 0 Å². The number of hydrogen-bond donors (Lipinski definition) is 2. The van der Waals surface area contributed by atoms with Crippen molar-refractivity contribution in [3.8, 4) is 5.75 Å². The first-order valence-corrected chi connectivity index (χ1v) is 7.41. The summed E-state index contributed by atoms with van der Waals surface area (Å²) in [5.74, 6) is 1.71. The molecule has 106 valence electrons. The van der Waals surface area contributed by atoms with Gasteiger partial charge in [0.15, 0.2) is 0 Å². The lowest BCUT2D eigenvalue weighted by molar-refractivity contribution is -0.0795. The maximum absolute atomic E-state index is 11.1. The van der Waals surface area contributed by atoms with Crippen molar-refractivity contribution in [1.29, 1.82) is 0 Å². The van der Waals surface area contributed by atoms with Crippen LogP contribution >= 0.6 is 0 Å². The minimum Gasteiger partial charge on any atom is -0.508 e. The van der Waals surface area contributed by atoms with Crippen LogP contribution in [0.2, 0.25) is 0 Å². The van der Waals surface area contributed by atoms with E-state index in [1.54, 1.807) is 12.1 Å². The van der Waals surface area contributed by atoms with Gasteiger partial charge in [0, 0.05) is 6.42 Å². The third-order valence-electron chi connectivity index (χ3n) is 4.59. The fourth-order valence-corrected chi connectivity index (χ4v) is 3.77. The van der Waals surface area contributed by atoms with Gasteiger partial charge in [0.2, 0.25) is 0 Å². The normalized spacial score (nSPS) is 31.6. The number of aliphatic hydroxyl groups is 1. The van der Waals surface area contributed by atoms with E-state index in [1.165, 1.54) is 6.42 Å². The third kappa shape index (κ3) is 3.30. The van der Waals surface area contributed by atoms with Gasteiger partial charge in [-0.15, -0.1) is 0 Å². The van der Waals surface area contributed by atoms with Crippen LogP contribution in [0.5, 0.6) is 5.75 Å². The Bertz CT molecular complexity index is 427. The molecule has 1 saturated carbocycles. The van der Waals surface area contributed by atoms with Crippen LogP contribution in [-0.2, 0) is 6.42 Å². The first-order valence-electron chi connectivity index (χ1n) is 7.41. The average Bonchev–Trinajstić information content (AvgIpc) is 2.27. The maximum Gasteiger partial charge on any atom is 0.115 e. The van der Waals surface area contributed by atoms with Crippen LogP contribution in [0.25, 0.3) is 0 Å². The van der Waals surface area contributed by atoms with Crippen molar-refractivity contribution in [1.82, 2.24) is 0 Å². The topological polar surface area (TPSA) is 40.5 Å². The van der Waals surface area contributed by atoms with Crippen molar-refractivity contribution in [3.05, 3.63) is 29.8 Å². The molecule has 0 spiro atoms. The van der Waals surface area contributed by atoms with Gasteiger partial charge in [0.25, 0.3) is 0 Å². The predicted molar refractivity (Wildman–Crippen MR) is 78.1 cm³/mol. The molecule has 1 fully saturated rings. The molecule has 1 aliphatic carbocycles. The molecule has 2 rings (SSSR count). The van der Waals surface area contributed by atoms with E-state index in [4.69, 9.17) is 0 Å². The SMILES string of the molecule is CC1CCC(C(C)C)C(O)(Cc2cccc(O)c2)C1. The molecule has 0 aromatic heterocycles. The molecule has 0 amide bonds. The standard InChI is InChI=1S/C17H26O2/c1-12(2)16-8-7-13(3)10-17(16,19)11-14-5-4-6-15(18)9-14/h4-6,9,12-13,16,18-19H,7-8,10-11H2,1-3H3. The fraction of sp³-hybridized carbons (Fsp3) is 0.647. The van der Waals surface area contributed by atoms with Gasteiger partial charge < -0.3 is 10.2 Å². The van der Waals surface area contributed by atoms with E-state index in [0.29, 0.717) is 24.2 Å². The summed E-state index contributed by atoms with van der Waals surface area (Å²) in [5.41, 5.74) is 0.404. The van der Waals surface area contributed by atoms with Gasteiger partial charge in [-0.25, -0.2) is 0 Å². The largest absolute Gasteiger partial charge is 0.508 e. The van der Waals surface area contributed by atoms with Crippen LogP contribution in [-0.4, -0.2) is 15.8 Å². The van der Waals surface area contributed by atoms with Crippen LogP contribution in [0.3, 0.4) is 0 Å². The Morgan fingerprint density at radius 3 is 2.68 bits per heavy atom. The van der Waals surface area contributed by atoms with E-state index in [-0.39, 0.29) is 5.75 Å². The van der Waals surface area contributed by atoms with Crippen molar-refractivity contribution in [2.24, 2.45) is 17.8 Å². The lowest BCUT2D eigenvalue weighted by Crippen LogP contribution is -2.47. The van der Waals surface area contributed by atoms with E-state index in [1.807, 2.05) is 12.1 Å². The smallest absolute Gasteiger partial charge is 0.115 e. The molecular weight excluding hydrogens is 236 g/mol. The van der Waals surface area contributed by atoms with E-state index >= 15 is 0 Å². The Hall–Kier alpha value is -1.02. The molecule has 2 heteroatoms. The van der Waals surface area contributed by atoms with Crippen molar-refractivity contribution in [3.63, 3.8) is 0 Å². The van der Waals surface area contributed by atoms with Gasteiger partial charge in [-0.2, -0.15) is 0 Å². The molecule has 0 radical (unpaired) electrons. The monoisotopic (exact) mass is 262 g/mol. The van der Waals surface area contributed by atoms with E-state index in [0.717, 1.165) is 18.4 Å². The van der Waals surface area contributed by atoms with Gasteiger partial charge in [-0.1, -0.05) is 39.3 Å². The minimum absolute atomic E-state index is 0.283. The van der Waals surface area contributed by atoms with Crippen molar-refractivity contribution < 1.29 is 10.2 Å². The average molecular weight is 262 g/mol. The summed E-state index contributed by atoms with van der Waals surface area (Å²) in [6.45, 7) is 6.63. The quantitative estimate of drug-likeness (QED) is 0.870. The van der Waals surface area contributed by atoms with E-state index < -0.39 is 5.60 Å². The summed E-state index contributed by atoms with van der Waals surface area (Å²) in [6.07, 6.45) is 3.83. The summed E-state index contributed by atoms with van der Waals surface area (Å²) in [5, 5.41) is 20.7. The Morgan fingerprint density at radius 1 is 1.32 bits per heavy atom. The molecule has 3 unspecified atom stereocenters. The lowest BCUT2D eigenvalue weighted by atomic mass is 9.65. The summed E-state index contributed by atoms with van der Waals surface area (Å²) >= 11 is 0. The molecule has 1 aliphatic rings. The highest BCUT2D eigenvalue weighted by Gasteiger charge is 2.42. The van der Waals surface area contributed by atoms with Crippen LogP contribution < -0.4 is 0 Å². The fourth-order valence-electron chi connectivity index (χ4n) is 3.77. The molecule has 1 aromatic carbocycles. The van der Waals surface area contributed by atoms with Crippen molar-refractivity contribution >= 4 is 0 Å². The van der Waals surface area contributed by atoms with Gasteiger partial charge >= 0.3 is 0 Å². The first kappa shape index (κ1) is 14.4. The van der Waals surface area contributed by atoms with Crippen LogP contribution in [0, 0.1) is 17.8 Å². The minimum atomic E-state index is -0.625. The first-order chi connectivity index (χ1) is 8.90. The van der Waals surface area contributed by atoms with Gasteiger partial charge in [-0.05, 0) is 48.3 Å². The molecule has 0 aliphatic heterocycles. The summed E-state index contributed by atoms with van der Waals surface area (Å²) < 4.78 is 0. The Labute approximate surface area is 116 Å². The number of benzene rings is 1. The number of aromatic hydroxyl groups is 1. The molecule has 1 aromatic rings. The highest BCUT2D eigenvalue weighted by Crippen LogP contribution is 2.43. The third-order valence-corrected chi connectivity index (χ3v) is 4.59. The zero-order valence-electron chi connectivity index (χ0n) is 12.3. The summed E-state index contributed by atoms with van der Waals surface area (Å²) in [4.78, 5) is 0. The number of phenols is 1. The number of rotatable bonds is 3. The molecule has 19 heavy (non-hydrogen) atoms. The van der Waals surface area contributed by atoms with E-state index in [9.17, 15) is 10.2 Å². The Morgan fingerprint density at radius 2 is 2.05 bits per heavy atom. The molecule has 3 atom stereocenters. The number of hydrogen-bond acceptors (Lipinski definition) is 2. The summed E-state index contributed by atoms with van der Waals surface area (Å²) in [7, 11) is 0. The van der Waals surface area contributed by atoms with Gasteiger partial charge in [0.1, 0.15) is 5.75 Å². The predicted octanol–water partition coefficient (Wildman–Crippen LogP) is 3.76. The Balaban J connectivity index is 2.21. The highest BCUT2D eigenvalue weighted by atomic mass is 16.3. The second-order valence-electron chi connectivity index (χ2n) is 6.69. The van der Waals surface area contributed by atoms with Crippen LogP contribution in [0.15, 0.2) is 24.3 Å². The number of phenolic OH excluding ortho intramolecular Hbond substituents is 1. The van der Waals surface area contributed by atoms with Crippen LogP contribution in [0.1, 0.15) is 45.6 Å². The maximum atomic E-state index is 11.1. The van der Waals surface area contributed by atoms with Crippen LogP contribution in [0.4, 0.5) is 0 Å². The van der Waals surface area contributed by atoms with Gasteiger partial charge in [-0.3, -0.25) is 0 Å². The highest BCUT2D eigenvalue weighted by molar-refractivity contribution is 5.28. The second kappa shape index (κ2) is 5.54. The Kier molecular flexibility index (Phi) is 4.19. The molecule has 0 saturated heterocycles. The lowest BCUT2D eigenvalue weighted by Gasteiger charge is -2.45. The van der Waals surface area contributed by atoms with Crippen molar-refractivity contribution in [2.45, 2.75) is 52.1 Å². The zero-order valence-corrected chi connectivity index (χ0v) is 12.3. The summed E-state index contributed by atoms with van der Waals surface area (Å²) in [6, 6.07) is 7.30. The molecule has 0 bridgehead atoms. The second-order valence-corrected chi connectivity index (χ2v) is 6.69.